The number of hydrogen-bond acceptors (Lipinski definition) is 7. The maximum atomic E-state index is 12.6. The van der Waals surface area contributed by atoms with Crippen LogP contribution in [-0.4, -0.2) is 60.6 Å². The molecule has 0 unspecified atom stereocenters. The Morgan fingerprint density at radius 2 is 2.10 bits per heavy atom. The minimum absolute atomic E-state index is 0.143. The molecule has 1 amide bonds. The third-order valence-electron chi connectivity index (χ3n) is 4.87. The number of thiazole rings is 1. The number of aromatic nitrogens is 2. The van der Waals surface area contributed by atoms with E-state index < -0.39 is 0 Å². The van der Waals surface area contributed by atoms with Crippen molar-refractivity contribution in [3.63, 3.8) is 0 Å². The average Bonchev–Trinajstić information content (AvgIpc) is 3.18. The second-order valence-electron chi connectivity index (χ2n) is 6.71. The number of anilines is 2. The van der Waals surface area contributed by atoms with Gasteiger partial charge in [0.1, 0.15) is 16.1 Å². The van der Waals surface area contributed by atoms with E-state index in [1.165, 1.54) is 0 Å². The molecular formula is C20H22ClN5O2S. The number of carbonyl (C=O) groups is 1. The van der Waals surface area contributed by atoms with Gasteiger partial charge in [-0.2, -0.15) is 0 Å². The minimum atomic E-state index is 0.143. The van der Waals surface area contributed by atoms with E-state index in [4.69, 9.17) is 16.3 Å². The number of carbonyl (C=O) groups excluding carboxylic acids is 1. The Morgan fingerprint density at radius 3 is 2.86 bits per heavy atom. The average molecular weight is 432 g/mol. The van der Waals surface area contributed by atoms with E-state index in [0.29, 0.717) is 36.8 Å². The number of hydrogen-bond donors (Lipinski definition) is 1. The van der Waals surface area contributed by atoms with Crippen LogP contribution in [0, 0.1) is 0 Å². The molecule has 1 aromatic carbocycles. The molecule has 0 aliphatic carbocycles. The van der Waals surface area contributed by atoms with Crippen molar-refractivity contribution in [2.24, 2.45) is 0 Å². The molecule has 3 heterocycles. The highest BCUT2D eigenvalue weighted by Crippen LogP contribution is 2.28. The first kappa shape index (κ1) is 19.7. The van der Waals surface area contributed by atoms with Crippen LogP contribution in [0.5, 0.6) is 5.75 Å². The fourth-order valence-electron chi connectivity index (χ4n) is 3.32. The molecule has 152 valence electrons. The molecule has 1 fully saturated rings. The number of nitrogens with one attached hydrogen (secondary N) is 1. The van der Waals surface area contributed by atoms with Crippen LogP contribution < -0.4 is 15.0 Å². The first-order valence-corrected chi connectivity index (χ1v) is 10.6. The maximum Gasteiger partial charge on any atom is 0.224 e. The molecule has 0 atom stereocenters. The molecule has 0 spiro atoms. The van der Waals surface area contributed by atoms with Crippen molar-refractivity contribution in [2.75, 3.05) is 50.1 Å². The van der Waals surface area contributed by atoms with Crippen molar-refractivity contribution in [2.45, 2.75) is 6.42 Å². The molecule has 4 rings (SSSR count). The van der Waals surface area contributed by atoms with Gasteiger partial charge in [-0.1, -0.05) is 22.9 Å². The van der Waals surface area contributed by atoms with Crippen molar-refractivity contribution in [1.29, 1.82) is 0 Å². The number of benzene rings is 1. The zero-order chi connectivity index (χ0) is 20.2. The van der Waals surface area contributed by atoms with Crippen LogP contribution in [0.25, 0.3) is 10.3 Å². The van der Waals surface area contributed by atoms with Gasteiger partial charge in [-0.3, -0.25) is 4.79 Å². The lowest BCUT2D eigenvalue weighted by molar-refractivity contribution is -0.131. The lowest BCUT2D eigenvalue weighted by Gasteiger charge is -2.34. The van der Waals surface area contributed by atoms with Crippen molar-refractivity contribution in [1.82, 2.24) is 14.9 Å². The topological polar surface area (TPSA) is 70.6 Å². The van der Waals surface area contributed by atoms with Gasteiger partial charge in [-0.15, -0.1) is 0 Å². The van der Waals surface area contributed by atoms with Crippen molar-refractivity contribution in [3.8, 4) is 5.75 Å². The van der Waals surface area contributed by atoms with Gasteiger partial charge in [0.15, 0.2) is 5.13 Å². The lowest BCUT2D eigenvalue weighted by atomic mass is 10.2. The number of piperazine rings is 1. The van der Waals surface area contributed by atoms with E-state index in [1.54, 1.807) is 36.8 Å². The Bertz CT molecular complexity index is 970. The SMILES string of the molecule is COc1ccc(Cl)cc1NCCC(=O)N1CCN(c2nc3cccnc3s2)CC1. The lowest BCUT2D eigenvalue weighted by Crippen LogP contribution is -2.49. The van der Waals surface area contributed by atoms with Crippen LogP contribution in [0.2, 0.25) is 5.02 Å². The van der Waals surface area contributed by atoms with Crippen LogP contribution in [0.4, 0.5) is 10.8 Å². The van der Waals surface area contributed by atoms with Crippen molar-refractivity contribution < 1.29 is 9.53 Å². The largest absolute Gasteiger partial charge is 0.495 e. The zero-order valence-corrected chi connectivity index (χ0v) is 17.7. The molecule has 7 nitrogen and oxygen atoms in total. The molecule has 9 heteroatoms. The number of ether oxygens (including phenoxy) is 1. The van der Waals surface area contributed by atoms with Gasteiger partial charge in [0.05, 0.1) is 12.8 Å². The second-order valence-corrected chi connectivity index (χ2v) is 8.11. The summed E-state index contributed by atoms with van der Waals surface area (Å²) >= 11 is 7.64. The first-order chi connectivity index (χ1) is 14.1. The van der Waals surface area contributed by atoms with Crippen LogP contribution in [-0.2, 0) is 4.79 Å². The summed E-state index contributed by atoms with van der Waals surface area (Å²) in [5.41, 5.74) is 1.72. The molecule has 1 saturated heterocycles. The minimum Gasteiger partial charge on any atom is -0.495 e. The predicted octanol–water partition coefficient (Wildman–Crippen LogP) is 3.50. The van der Waals surface area contributed by atoms with E-state index in [2.05, 4.69) is 20.2 Å². The molecule has 3 aromatic rings. The van der Waals surface area contributed by atoms with E-state index >= 15 is 0 Å². The Labute approximate surface area is 178 Å². The number of halogens is 1. The second kappa shape index (κ2) is 8.84. The third-order valence-corrected chi connectivity index (χ3v) is 6.15. The molecule has 0 saturated carbocycles. The van der Waals surface area contributed by atoms with Crippen LogP contribution in [0.1, 0.15) is 6.42 Å². The van der Waals surface area contributed by atoms with Gasteiger partial charge in [0.25, 0.3) is 0 Å². The van der Waals surface area contributed by atoms with Crippen LogP contribution >= 0.6 is 22.9 Å². The van der Waals surface area contributed by atoms with Crippen molar-refractivity contribution >= 4 is 50.0 Å². The highest BCUT2D eigenvalue weighted by atomic mass is 35.5. The normalized spacial score (nSPS) is 14.3. The molecular weight excluding hydrogens is 410 g/mol. The molecule has 2 aromatic heterocycles. The summed E-state index contributed by atoms with van der Waals surface area (Å²) in [7, 11) is 1.61. The molecule has 29 heavy (non-hydrogen) atoms. The Morgan fingerprint density at radius 1 is 1.28 bits per heavy atom. The molecule has 1 N–H and O–H groups in total. The number of methoxy groups -OCH3 is 1. The predicted molar refractivity (Wildman–Crippen MR) is 117 cm³/mol. The van der Waals surface area contributed by atoms with Gasteiger partial charge in [0.2, 0.25) is 5.91 Å². The number of nitrogens with zero attached hydrogens (tertiary/aromatic N) is 4. The van der Waals surface area contributed by atoms with Crippen LogP contribution in [0.3, 0.4) is 0 Å². The Balaban J connectivity index is 1.27. The standard InChI is InChI=1S/C20H22ClN5O2S/c1-28-17-5-4-14(21)13-16(17)22-8-6-18(27)25-9-11-26(12-10-25)20-24-15-3-2-7-23-19(15)29-20/h2-5,7,13,22H,6,8-12H2,1H3. The molecule has 0 radical (unpaired) electrons. The van der Waals surface area contributed by atoms with Gasteiger partial charge >= 0.3 is 0 Å². The summed E-state index contributed by atoms with van der Waals surface area (Å²) in [5.74, 6) is 0.852. The quantitative estimate of drug-likeness (QED) is 0.644. The van der Waals surface area contributed by atoms with Gasteiger partial charge in [0, 0.05) is 50.4 Å². The maximum absolute atomic E-state index is 12.6. The van der Waals surface area contributed by atoms with Crippen LogP contribution in [0.15, 0.2) is 36.5 Å². The molecule has 1 aliphatic rings. The van der Waals surface area contributed by atoms with Gasteiger partial charge in [-0.25, -0.2) is 9.97 Å². The summed E-state index contributed by atoms with van der Waals surface area (Å²) in [4.78, 5) is 26.7. The number of rotatable bonds is 6. The van der Waals surface area contributed by atoms with Gasteiger partial charge < -0.3 is 19.9 Å². The van der Waals surface area contributed by atoms with Crippen molar-refractivity contribution in [3.05, 3.63) is 41.6 Å². The summed E-state index contributed by atoms with van der Waals surface area (Å²) in [6.07, 6.45) is 2.20. The highest BCUT2D eigenvalue weighted by molar-refractivity contribution is 7.21. The Kier molecular flexibility index (Phi) is 6.01. The van der Waals surface area contributed by atoms with E-state index in [1.807, 2.05) is 23.1 Å². The summed E-state index contributed by atoms with van der Waals surface area (Å²) in [5, 5.41) is 4.84. The smallest absolute Gasteiger partial charge is 0.224 e. The number of amides is 1. The van der Waals surface area contributed by atoms with E-state index in [9.17, 15) is 4.79 Å². The summed E-state index contributed by atoms with van der Waals surface area (Å²) < 4.78 is 5.32. The number of fused-ring (bicyclic) bond motifs is 1. The third kappa shape index (κ3) is 4.54. The monoisotopic (exact) mass is 431 g/mol. The summed E-state index contributed by atoms with van der Waals surface area (Å²) in [6.45, 7) is 3.48. The fraction of sp³-hybridized carbons (Fsp3) is 0.350. The molecule has 0 bridgehead atoms. The first-order valence-electron chi connectivity index (χ1n) is 9.46. The fourth-order valence-corrected chi connectivity index (χ4v) is 4.45. The van der Waals surface area contributed by atoms with Gasteiger partial charge in [-0.05, 0) is 30.3 Å². The Hall–Kier alpha value is -2.58. The number of pyridine rings is 1. The molecule has 1 aliphatic heterocycles. The summed E-state index contributed by atoms with van der Waals surface area (Å²) in [6, 6.07) is 9.26. The zero-order valence-electron chi connectivity index (χ0n) is 16.1. The van der Waals surface area contributed by atoms with E-state index in [-0.39, 0.29) is 5.91 Å². The van der Waals surface area contributed by atoms with E-state index in [0.717, 1.165) is 34.3 Å². The highest BCUT2D eigenvalue weighted by Gasteiger charge is 2.23.